The van der Waals surface area contributed by atoms with E-state index < -0.39 is 32.8 Å². The zero-order chi connectivity index (χ0) is 14.7. The summed E-state index contributed by atoms with van der Waals surface area (Å²) in [4.78, 5) is 30.9. The van der Waals surface area contributed by atoms with Crippen LogP contribution in [-0.2, 0) is 0 Å². The van der Waals surface area contributed by atoms with E-state index in [1.807, 2.05) is 0 Å². The fraction of sp³-hybridized carbons (Fsp3) is 0.300. The van der Waals surface area contributed by atoms with E-state index in [2.05, 4.69) is 5.32 Å². The van der Waals surface area contributed by atoms with Crippen LogP contribution < -0.4 is 5.32 Å². The molecule has 1 aromatic rings. The van der Waals surface area contributed by atoms with Gasteiger partial charge in [-0.15, -0.1) is 0 Å². The normalized spacial score (nSPS) is 10.3. The lowest BCUT2D eigenvalue weighted by molar-refractivity contribution is -0.393. The second-order valence-electron chi connectivity index (χ2n) is 4.01. The molecule has 0 atom stereocenters. The lowest BCUT2D eigenvalue weighted by atomic mass is 10.1. The molecule has 0 fully saturated rings. The second-order valence-corrected chi connectivity index (χ2v) is 4.01. The lowest BCUT2D eigenvalue weighted by Crippen LogP contribution is -2.15. The topological polar surface area (TPSA) is 136 Å². The Morgan fingerprint density at radius 1 is 1.26 bits per heavy atom. The third-order valence-corrected chi connectivity index (χ3v) is 2.17. The molecule has 9 nitrogen and oxygen atoms in total. The number of nitro benzene ring substituents is 2. The highest BCUT2D eigenvalue weighted by Gasteiger charge is 2.27. The minimum absolute atomic E-state index is 0.238. The number of carbonyl (C=O) groups is 1. The molecule has 19 heavy (non-hydrogen) atoms. The molecular weight excluding hydrogens is 258 g/mol. The zero-order valence-electron chi connectivity index (χ0n) is 10.1. The number of nitrogens with one attached hydrogen (secondary N) is 1. The molecule has 0 aliphatic rings. The molecule has 2 N–H and O–H groups in total. The predicted molar refractivity (Wildman–Crippen MR) is 65.5 cm³/mol. The highest BCUT2D eigenvalue weighted by atomic mass is 16.6. The second kappa shape index (κ2) is 5.29. The minimum atomic E-state index is -1.48. The summed E-state index contributed by atoms with van der Waals surface area (Å²) in [6.07, 6.45) is 0. The SMILES string of the molecule is CC(C)Nc1c(C(=O)O)cc([N+](=O)[O-])cc1[N+](=O)[O-]. The van der Waals surface area contributed by atoms with Gasteiger partial charge in [0.15, 0.2) is 0 Å². The molecule has 0 saturated carbocycles. The third kappa shape index (κ3) is 3.15. The molecule has 0 aliphatic heterocycles. The number of rotatable bonds is 5. The number of non-ortho nitro benzene ring substituents is 1. The largest absolute Gasteiger partial charge is 0.478 e. The number of aromatic carboxylic acids is 1. The first-order chi connectivity index (χ1) is 8.73. The van der Waals surface area contributed by atoms with Gasteiger partial charge in [-0.05, 0) is 13.8 Å². The van der Waals surface area contributed by atoms with Crippen LogP contribution in [0.5, 0.6) is 0 Å². The van der Waals surface area contributed by atoms with Gasteiger partial charge in [0.05, 0.1) is 21.5 Å². The van der Waals surface area contributed by atoms with Crippen molar-refractivity contribution in [2.75, 3.05) is 5.32 Å². The van der Waals surface area contributed by atoms with E-state index in [4.69, 9.17) is 5.11 Å². The zero-order valence-corrected chi connectivity index (χ0v) is 10.1. The maximum absolute atomic E-state index is 11.1. The molecule has 9 heteroatoms. The van der Waals surface area contributed by atoms with Crippen molar-refractivity contribution in [2.24, 2.45) is 0 Å². The van der Waals surface area contributed by atoms with Crippen LogP contribution in [0.3, 0.4) is 0 Å². The van der Waals surface area contributed by atoms with Gasteiger partial charge < -0.3 is 10.4 Å². The Morgan fingerprint density at radius 3 is 2.21 bits per heavy atom. The molecule has 0 bridgehead atoms. The number of nitrogens with zero attached hydrogens (tertiary/aromatic N) is 2. The number of hydrogen-bond donors (Lipinski definition) is 2. The molecule has 0 amide bonds. The quantitative estimate of drug-likeness (QED) is 0.616. The molecule has 0 unspecified atom stereocenters. The van der Waals surface area contributed by atoms with Crippen molar-refractivity contribution in [3.63, 3.8) is 0 Å². The molecular formula is C10H11N3O6. The Kier molecular flexibility index (Phi) is 4.00. The summed E-state index contributed by atoms with van der Waals surface area (Å²) in [6, 6.07) is 1.26. The molecule has 0 aliphatic carbocycles. The van der Waals surface area contributed by atoms with E-state index in [1.165, 1.54) is 0 Å². The van der Waals surface area contributed by atoms with Crippen molar-refractivity contribution in [3.8, 4) is 0 Å². The highest BCUT2D eigenvalue weighted by molar-refractivity contribution is 5.98. The van der Waals surface area contributed by atoms with Crippen LogP contribution in [0.2, 0.25) is 0 Å². The van der Waals surface area contributed by atoms with Gasteiger partial charge >= 0.3 is 5.97 Å². The van der Waals surface area contributed by atoms with Crippen LogP contribution >= 0.6 is 0 Å². The van der Waals surface area contributed by atoms with Crippen LogP contribution in [-0.4, -0.2) is 27.0 Å². The monoisotopic (exact) mass is 269 g/mol. The third-order valence-electron chi connectivity index (χ3n) is 2.17. The Hall–Kier alpha value is -2.71. The number of nitro groups is 2. The fourth-order valence-electron chi connectivity index (χ4n) is 1.47. The Labute approximate surface area is 107 Å². The molecule has 1 aromatic carbocycles. The first kappa shape index (κ1) is 14.4. The van der Waals surface area contributed by atoms with Crippen LogP contribution in [0, 0.1) is 20.2 Å². The first-order valence-electron chi connectivity index (χ1n) is 5.20. The van der Waals surface area contributed by atoms with Gasteiger partial charge in [-0.2, -0.15) is 0 Å². The van der Waals surface area contributed by atoms with Crippen molar-refractivity contribution < 1.29 is 19.7 Å². The average molecular weight is 269 g/mol. The van der Waals surface area contributed by atoms with Crippen LogP contribution in [0.15, 0.2) is 12.1 Å². The van der Waals surface area contributed by atoms with Gasteiger partial charge in [-0.25, -0.2) is 4.79 Å². The van der Waals surface area contributed by atoms with Gasteiger partial charge in [0.2, 0.25) is 0 Å². The van der Waals surface area contributed by atoms with Crippen LogP contribution in [0.4, 0.5) is 17.1 Å². The number of carboxylic acids is 1. The van der Waals surface area contributed by atoms with Crippen molar-refractivity contribution in [1.82, 2.24) is 0 Å². The van der Waals surface area contributed by atoms with Crippen molar-refractivity contribution in [1.29, 1.82) is 0 Å². The summed E-state index contributed by atoms with van der Waals surface area (Å²) < 4.78 is 0. The van der Waals surface area contributed by atoms with Gasteiger partial charge in [0.1, 0.15) is 5.69 Å². The fourth-order valence-corrected chi connectivity index (χ4v) is 1.47. The van der Waals surface area contributed by atoms with Gasteiger partial charge in [0, 0.05) is 12.1 Å². The maximum atomic E-state index is 11.1. The number of carboxylic acid groups (broad SMARTS) is 1. The number of benzene rings is 1. The van der Waals surface area contributed by atoms with E-state index in [-0.39, 0.29) is 11.7 Å². The highest BCUT2D eigenvalue weighted by Crippen LogP contribution is 2.33. The van der Waals surface area contributed by atoms with E-state index in [0.717, 1.165) is 12.1 Å². The van der Waals surface area contributed by atoms with Crippen LogP contribution in [0.25, 0.3) is 0 Å². The van der Waals surface area contributed by atoms with Crippen LogP contribution in [0.1, 0.15) is 24.2 Å². The summed E-state index contributed by atoms with van der Waals surface area (Å²) >= 11 is 0. The number of anilines is 1. The van der Waals surface area contributed by atoms with Gasteiger partial charge in [-0.3, -0.25) is 20.2 Å². The van der Waals surface area contributed by atoms with Crippen molar-refractivity contribution in [3.05, 3.63) is 37.9 Å². The summed E-state index contributed by atoms with van der Waals surface area (Å²) in [5.74, 6) is -1.48. The maximum Gasteiger partial charge on any atom is 0.338 e. The van der Waals surface area contributed by atoms with Gasteiger partial charge in [0.25, 0.3) is 11.4 Å². The van der Waals surface area contributed by atoms with E-state index >= 15 is 0 Å². The summed E-state index contributed by atoms with van der Waals surface area (Å²) in [5.41, 5.74) is -2.02. The van der Waals surface area contributed by atoms with Crippen molar-refractivity contribution >= 4 is 23.0 Å². The average Bonchev–Trinajstić information content (AvgIpc) is 2.27. The minimum Gasteiger partial charge on any atom is -0.478 e. The van der Waals surface area contributed by atoms with E-state index in [0.29, 0.717) is 0 Å². The predicted octanol–water partition coefficient (Wildman–Crippen LogP) is 2.02. The smallest absolute Gasteiger partial charge is 0.338 e. The molecule has 102 valence electrons. The Morgan fingerprint density at radius 2 is 1.84 bits per heavy atom. The summed E-state index contributed by atoms with van der Waals surface area (Å²) in [6.45, 7) is 3.33. The number of hydrogen-bond acceptors (Lipinski definition) is 6. The molecule has 0 spiro atoms. The summed E-state index contributed by atoms with van der Waals surface area (Å²) in [7, 11) is 0. The Bertz CT molecular complexity index is 519. The van der Waals surface area contributed by atoms with E-state index in [9.17, 15) is 25.0 Å². The summed E-state index contributed by atoms with van der Waals surface area (Å²) in [5, 5.41) is 33.2. The lowest BCUT2D eigenvalue weighted by Gasteiger charge is -2.12. The molecule has 0 aromatic heterocycles. The molecule has 1 rings (SSSR count). The van der Waals surface area contributed by atoms with Crippen molar-refractivity contribution in [2.45, 2.75) is 19.9 Å². The van der Waals surface area contributed by atoms with Gasteiger partial charge in [-0.1, -0.05) is 0 Å². The molecule has 0 saturated heterocycles. The Balaban J connectivity index is 3.60. The molecule has 0 heterocycles. The first-order valence-corrected chi connectivity index (χ1v) is 5.20. The standard InChI is InChI=1S/C10H11N3O6/c1-5(2)11-9-7(10(14)15)3-6(12(16)17)4-8(9)13(18)19/h3-5,11H,1-2H3,(H,14,15). The molecule has 0 radical (unpaired) electrons. The van der Waals surface area contributed by atoms with E-state index in [1.54, 1.807) is 13.8 Å².